The average Bonchev–Trinajstić information content (AvgIpc) is 2.98. The molecule has 2 fully saturated rings. The van der Waals surface area contributed by atoms with E-state index in [1.165, 1.54) is 24.5 Å². The summed E-state index contributed by atoms with van der Waals surface area (Å²) in [6.45, 7) is 3.81. The first-order chi connectivity index (χ1) is 12.9. The first-order valence-corrected chi connectivity index (χ1v) is 8.91. The Labute approximate surface area is 154 Å². The molecule has 4 rings (SSSR count). The average molecular weight is 372 g/mol. The number of likely N-dealkylation sites (tertiary alicyclic amines) is 1. The van der Waals surface area contributed by atoms with Gasteiger partial charge in [-0.1, -0.05) is 0 Å². The molecule has 0 unspecified atom stereocenters. The molecule has 1 spiro atoms. The predicted molar refractivity (Wildman–Crippen MR) is 94.7 cm³/mol. The second-order valence-electron chi connectivity index (χ2n) is 6.92. The van der Waals surface area contributed by atoms with Crippen molar-refractivity contribution in [2.24, 2.45) is 0 Å². The largest absolute Gasteiger partial charge is 0.504 e. The molecule has 0 saturated carbocycles. The summed E-state index contributed by atoms with van der Waals surface area (Å²) in [6.07, 6.45) is 3.42. The Morgan fingerprint density at radius 3 is 2.74 bits per heavy atom. The van der Waals surface area contributed by atoms with Gasteiger partial charge in [-0.2, -0.15) is 0 Å². The number of amides is 2. The van der Waals surface area contributed by atoms with Crippen molar-refractivity contribution >= 4 is 17.6 Å². The standard InChI is InChI=1S/C18H20N4O5/c1-2-20-11-18(27-17(20)26)5-8-21(9-6-18)15(24)12-10-19-14-13(23)4-3-7-22(14)16(12)25/h3-4,7,10,23H,2,5-6,8-9,11H2,1H3. The Morgan fingerprint density at radius 1 is 1.33 bits per heavy atom. The Hall–Kier alpha value is -3.10. The zero-order valence-electron chi connectivity index (χ0n) is 14.9. The van der Waals surface area contributed by atoms with E-state index in [4.69, 9.17) is 4.74 Å². The predicted octanol–water partition coefficient (Wildman–Crippen LogP) is 0.847. The molecule has 9 nitrogen and oxygen atoms in total. The summed E-state index contributed by atoms with van der Waals surface area (Å²) in [5, 5.41) is 9.79. The van der Waals surface area contributed by atoms with Crippen molar-refractivity contribution in [3.8, 4) is 5.75 Å². The molecule has 2 aliphatic heterocycles. The first kappa shape index (κ1) is 17.3. The SMILES string of the molecule is CCN1CC2(CCN(C(=O)c3cnc4c(O)cccn4c3=O)CC2)OC1=O. The Bertz CT molecular complexity index is 977. The van der Waals surface area contributed by atoms with Gasteiger partial charge in [0.25, 0.3) is 11.5 Å². The topological polar surface area (TPSA) is 104 Å². The van der Waals surface area contributed by atoms with Crippen molar-refractivity contribution in [2.75, 3.05) is 26.2 Å². The molecule has 2 amide bonds. The molecule has 4 heterocycles. The molecule has 2 saturated heterocycles. The van der Waals surface area contributed by atoms with Crippen LogP contribution in [0.5, 0.6) is 5.75 Å². The molecule has 0 aliphatic carbocycles. The van der Waals surface area contributed by atoms with Gasteiger partial charge in [-0.15, -0.1) is 0 Å². The molecular weight excluding hydrogens is 352 g/mol. The van der Waals surface area contributed by atoms with Crippen LogP contribution in [0.25, 0.3) is 5.65 Å². The highest BCUT2D eigenvalue weighted by Crippen LogP contribution is 2.33. The van der Waals surface area contributed by atoms with Crippen LogP contribution in [0.4, 0.5) is 4.79 Å². The molecule has 2 aromatic rings. The molecule has 0 aromatic carbocycles. The molecule has 0 radical (unpaired) electrons. The third kappa shape index (κ3) is 2.79. The Morgan fingerprint density at radius 2 is 2.07 bits per heavy atom. The Balaban J connectivity index is 1.54. The number of rotatable bonds is 2. The summed E-state index contributed by atoms with van der Waals surface area (Å²) in [5.41, 5.74) is -1.01. The maximum Gasteiger partial charge on any atom is 0.410 e. The zero-order valence-corrected chi connectivity index (χ0v) is 14.9. The molecule has 0 atom stereocenters. The van der Waals surface area contributed by atoms with Gasteiger partial charge < -0.3 is 19.6 Å². The summed E-state index contributed by atoms with van der Waals surface area (Å²) < 4.78 is 6.72. The second kappa shape index (κ2) is 6.26. The lowest BCUT2D eigenvalue weighted by molar-refractivity contribution is 0.00308. The minimum Gasteiger partial charge on any atom is -0.504 e. The number of carbonyl (C=O) groups is 2. The normalized spacial score (nSPS) is 18.9. The van der Waals surface area contributed by atoms with Crippen molar-refractivity contribution in [3.05, 3.63) is 40.4 Å². The van der Waals surface area contributed by atoms with Crippen LogP contribution in [0.1, 0.15) is 30.1 Å². The van der Waals surface area contributed by atoms with Gasteiger partial charge in [-0.25, -0.2) is 9.78 Å². The van der Waals surface area contributed by atoms with Gasteiger partial charge in [-0.05, 0) is 19.1 Å². The van der Waals surface area contributed by atoms with E-state index in [1.807, 2.05) is 6.92 Å². The zero-order chi connectivity index (χ0) is 19.2. The van der Waals surface area contributed by atoms with E-state index < -0.39 is 17.1 Å². The van der Waals surface area contributed by atoms with Crippen LogP contribution in [-0.2, 0) is 4.74 Å². The van der Waals surface area contributed by atoms with Gasteiger partial charge in [0, 0.05) is 44.9 Å². The number of ether oxygens (including phenoxy) is 1. The molecule has 27 heavy (non-hydrogen) atoms. The van der Waals surface area contributed by atoms with Crippen LogP contribution in [0.15, 0.2) is 29.3 Å². The van der Waals surface area contributed by atoms with Gasteiger partial charge in [-0.3, -0.25) is 14.0 Å². The van der Waals surface area contributed by atoms with Gasteiger partial charge in [0.2, 0.25) is 0 Å². The monoisotopic (exact) mass is 372 g/mol. The van der Waals surface area contributed by atoms with E-state index in [0.29, 0.717) is 39.0 Å². The molecule has 142 valence electrons. The number of aromatic nitrogens is 2. The smallest absolute Gasteiger partial charge is 0.410 e. The van der Waals surface area contributed by atoms with Crippen LogP contribution in [0, 0.1) is 0 Å². The summed E-state index contributed by atoms with van der Waals surface area (Å²) in [6, 6.07) is 2.94. The van der Waals surface area contributed by atoms with Crippen molar-refractivity contribution in [1.29, 1.82) is 0 Å². The highest BCUT2D eigenvalue weighted by Gasteiger charge is 2.47. The van der Waals surface area contributed by atoms with Crippen LogP contribution in [-0.4, -0.2) is 68.1 Å². The number of carbonyl (C=O) groups excluding carboxylic acids is 2. The highest BCUT2D eigenvalue weighted by molar-refractivity contribution is 5.94. The molecule has 0 bridgehead atoms. The fraction of sp³-hybridized carbons (Fsp3) is 0.444. The molecular formula is C18H20N4O5. The van der Waals surface area contributed by atoms with E-state index in [1.54, 1.807) is 9.80 Å². The summed E-state index contributed by atoms with van der Waals surface area (Å²) in [5.74, 6) is -0.534. The third-order valence-corrected chi connectivity index (χ3v) is 5.33. The van der Waals surface area contributed by atoms with Crippen LogP contribution in [0.3, 0.4) is 0 Å². The van der Waals surface area contributed by atoms with Crippen LogP contribution >= 0.6 is 0 Å². The number of piperidine rings is 1. The van der Waals surface area contributed by atoms with Crippen LogP contribution in [0.2, 0.25) is 0 Å². The number of aromatic hydroxyl groups is 1. The fourth-order valence-electron chi connectivity index (χ4n) is 3.72. The van der Waals surface area contributed by atoms with Gasteiger partial charge in [0.15, 0.2) is 11.4 Å². The van der Waals surface area contributed by atoms with Crippen molar-refractivity contribution in [2.45, 2.75) is 25.4 Å². The number of fused-ring (bicyclic) bond motifs is 1. The highest BCUT2D eigenvalue weighted by atomic mass is 16.6. The van der Waals surface area contributed by atoms with Crippen molar-refractivity contribution in [1.82, 2.24) is 19.2 Å². The molecule has 2 aromatic heterocycles. The number of hydrogen-bond donors (Lipinski definition) is 1. The minimum atomic E-state index is -0.549. The van der Waals surface area contributed by atoms with E-state index >= 15 is 0 Å². The lowest BCUT2D eigenvalue weighted by atomic mass is 9.91. The quantitative estimate of drug-likeness (QED) is 0.838. The van der Waals surface area contributed by atoms with E-state index in [2.05, 4.69) is 4.98 Å². The number of nitrogens with zero attached hydrogens (tertiary/aromatic N) is 4. The van der Waals surface area contributed by atoms with E-state index in [9.17, 15) is 19.5 Å². The fourth-order valence-corrected chi connectivity index (χ4v) is 3.72. The number of likely N-dealkylation sites (N-methyl/N-ethyl adjacent to an activating group) is 1. The lowest BCUT2D eigenvalue weighted by Crippen LogP contribution is -2.49. The molecule has 1 N–H and O–H groups in total. The van der Waals surface area contributed by atoms with E-state index in [-0.39, 0.29) is 23.1 Å². The summed E-state index contributed by atoms with van der Waals surface area (Å²) in [7, 11) is 0. The van der Waals surface area contributed by atoms with Gasteiger partial charge in [0.1, 0.15) is 11.2 Å². The van der Waals surface area contributed by atoms with Crippen molar-refractivity contribution in [3.63, 3.8) is 0 Å². The maximum atomic E-state index is 12.8. The maximum absolute atomic E-state index is 12.8. The van der Waals surface area contributed by atoms with E-state index in [0.717, 1.165) is 4.40 Å². The summed E-state index contributed by atoms with van der Waals surface area (Å²) in [4.78, 5) is 44.6. The first-order valence-electron chi connectivity index (χ1n) is 8.91. The molecule has 2 aliphatic rings. The van der Waals surface area contributed by atoms with Crippen LogP contribution < -0.4 is 5.56 Å². The lowest BCUT2D eigenvalue weighted by Gasteiger charge is -2.37. The summed E-state index contributed by atoms with van der Waals surface area (Å²) >= 11 is 0. The number of hydrogen-bond acceptors (Lipinski definition) is 6. The Kier molecular flexibility index (Phi) is 4.01. The third-order valence-electron chi connectivity index (χ3n) is 5.33. The second-order valence-corrected chi connectivity index (χ2v) is 6.92. The number of pyridine rings is 1. The van der Waals surface area contributed by atoms with Gasteiger partial charge in [0.05, 0.1) is 6.54 Å². The molecule has 9 heteroatoms. The minimum absolute atomic E-state index is 0.0485. The van der Waals surface area contributed by atoms with Gasteiger partial charge >= 0.3 is 6.09 Å². The van der Waals surface area contributed by atoms with Crippen molar-refractivity contribution < 1.29 is 19.4 Å².